The maximum atomic E-state index is 12.0. The second kappa shape index (κ2) is 6.92. The largest absolute Gasteiger partial charge is 0.323 e. The van der Waals surface area contributed by atoms with E-state index in [1.807, 2.05) is 73.8 Å². The van der Waals surface area contributed by atoms with E-state index in [4.69, 9.17) is 0 Å². The summed E-state index contributed by atoms with van der Waals surface area (Å²) in [5.74, 6) is 0.0114. The Morgan fingerprint density at radius 2 is 1.70 bits per heavy atom. The van der Waals surface area contributed by atoms with Crippen LogP contribution < -0.4 is 5.32 Å². The summed E-state index contributed by atoms with van der Waals surface area (Å²) < 4.78 is 1.80. The molecule has 0 aliphatic rings. The van der Waals surface area contributed by atoms with E-state index in [0.717, 1.165) is 29.1 Å². The summed E-state index contributed by atoms with van der Waals surface area (Å²) in [7, 11) is 0. The first-order valence-electron chi connectivity index (χ1n) is 7.78. The second-order valence-corrected chi connectivity index (χ2v) is 5.34. The maximum Gasteiger partial charge on any atom is 0.224 e. The molecule has 3 aromatic rings. The number of hydrogen-bond acceptors (Lipinski definition) is 2. The van der Waals surface area contributed by atoms with E-state index >= 15 is 0 Å². The van der Waals surface area contributed by atoms with Gasteiger partial charge in [0.15, 0.2) is 0 Å². The first-order valence-corrected chi connectivity index (χ1v) is 7.78. The quantitative estimate of drug-likeness (QED) is 0.765. The SMILES string of the molecule is CCCC(=O)Nc1cn(-c2ccccc2)nc1-c1ccccc1. The number of nitrogens with one attached hydrogen (secondary N) is 1. The van der Waals surface area contributed by atoms with Crippen LogP contribution in [0, 0.1) is 0 Å². The molecule has 0 bridgehead atoms. The highest BCUT2D eigenvalue weighted by Crippen LogP contribution is 2.27. The molecule has 1 amide bonds. The van der Waals surface area contributed by atoms with Crippen LogP contribution in [0.5, 0.6) is 0 Å². The lowest BCUT2D eigenvalue weighted by Gasteiger charge is -2.04. The van der Waals surface area contributed by atoms with Gasteiger partial charge >= 0.3 is 0 Å². The molecule has 3 rings (SSSR count). The lowest BCUT2D eigenvalue weighted by molar-refractivity contribution is -0.116. The molecule has 0 spiro atoms. The summed E-state index contributed by atoms with van der Waals surface area (Å²) in [6, 6.07) is 19.8. The normalized spacial score (nSPS) is 10.5. The lowest BCUT2D eigenvalue weighted by atomic mass is 10.1. The second-order valence-electron chi connectivity index (χ2n) is 5.34. The summed E-state index contributed by atoms with van der Waals surface area (Å²) in [6.45, 7) is 1.99. The van der Waals surface area contributed by atoms with E-state index in [0.29, 0.717) is 6.42 Å². The zero-order valence-corrected chi connectivity index (χ0v) is 13.1. The molecular formula is C19H19N3O. The molecule has 2 aromatic carbocycles. The molecule has 0 atom stereocenters. The highest BCUT2D eigenvalue weighted by molar-refractivity contribution is 5.94. The number of carbonyl (C=O) groups excluding carboxylic acids is 1. The van der Waals surface area contributed by atoms with Crippen LogP contribution in [0.4, 0.5) is 5.69 Å². The molecule has 0 saturated carbocycles. The van der Waals surface area contributed by atoms with Gasteiger partial charge in [-0.1, -0.05) is 55.5 Å². The van der Waals surface area contributed by atoms with E-state index in [1.54, 1.807) is 4.68 Å². The molecule has 0 saturated heterocycles. The fourth-order valence-corrected chi connectivity index (χ4v) is 2.43. The van der Waals surface area contributed by atoms with Gasteiger partial charge in [0.25, 0.3) is 0 Å². The Hall–Kier alpha value is -2.88. The van der Waals surface area contributed by atoms with Crippen molar-refractivity contribution in [1.29, 1.82) is 0 Å². The van der Waals surface area contributed by atoms with Gasteiger partial charge in [0.1, 0.15) is 5.69 Å². The molecular weight excluding hydrogens is 286 g/mol. The van der Waals surface area contributed by atoms with Crippen molar-refractivity contribution >= 4 is 11.6 Å². The summed E-state index contributed by atoms with van der Waals surface area (Å²) in [5.41, 5.74) is 3.45. The van der Waals surface area contributed by atoms with E-state index < -0.39 is 0 Å². The van der Waals surface area contributed by atoms with Crippen LogP contribution >= 0.6 is 0 Å². The number of hydrogen-bond donors (Lipinski definition) is 1. The third kappa shape index (κ3) is 3.48. The molecule has 0 aliphatic heterocycles. The fourth-order valence-electron chi connectivity index (χ4n) is 2.43. The number of rotatable bonds is 5. The van der Waals surface area contributed by atoms with Crippen molar-refractivity contribution in [2.24, 2.45) is 0 Å². The van der Waals surface area contributed by atoms with Crippen molar-refractivity contribution in [2.45, 2.75) is 19.8 Å². The van der Waals surface area contributed by atoms with Crippen LogP contribution in [0.25, 0.3) is 16.9 Å². The predicted octanol–water partition coefficient (Wildman–Crippen LogP) is 4.28. The van der Waals surface area contributed by atoms with Crippen molar-refractivity contribution in [1.82, 2.24) is 9.78 Å². The highest BCUT2D eigenvalue weighted by Gasteiger charge is 2.14. The zero-order valence-electron chi connectivity index (χ0n) is 13.1. The van der Waals surface area contributed by atoms with Gasteiger partial charge in [0.05, 0.1) is 17.6 Å². The molecule has 116 valence electrons. The minimum atomic E-state index is 0.0114. The van der Waals surface area contributed by atoms with Gasteiger partial charge in [0.2, 0.25) is 5.91 Å². The predicted molar refractivity (Wildman–Crippen MR) is 92.5 cm³/mol. The van der Waals surface area contributed by atoms with Gasteiger partial charge in [-0.15, -0.1) is 0 Å². The van der Waals surface area contributed by atoms with Gasteiger partial charge in [0, 0.05) is 12.0 Å². The van der Waals surface area contributed by atoms with Crippen LogP contribution in [-0.2, 0) is 4.79 Å². The van der Waals surface area contributed by atoms with Crippen molar-refractivity contribution < 1.29 is 4.79 Å². The number of amides is 1. The number of anilines is 1. The van der Waals surface area contributed by atoms with Crippen LogP contribution in [0.3, 0.4) is 0 Å². The van der Waals surface area contributed by atoms with E-state index in [2.05, 4.69) is 10.4 Å². The minimum Gasteiger partial charge on any atom is -0.323 e. The summed E-state index contributed by atoms with van der Waals surface area (Å²) in [5, 5.41) is 7.64. The minimum absolute atomic E-state index is 0.0114. The molecule has 0 aliphatic carbocycles. The van der Waals surface area contributed by atoms with Crippen molar-refractivity contribution in [3.63, 3.8) is 0 Å². The third-order valence-corrected chi connectivity index (χ3v) is 3.53. The first-order chi connectivity index (χ1) is 11.3. The summed E-state index contributed by atoms with van der Waals surface area (Å²) in [4.78, 5) is 12.0. The van der Waals surface area contributed by atoms with Crippen LogP contribution in [0.1, 0.15) is 19.8 Å². The van der Waals surface area contributed by atoms with Gasteiger partial charge in [-0.2, -0.15) is 5.10 Å². The van der Waals surface area contributed by atoms with Crippen molar-refractivity contribution in [3.05, 3.63) is 66.9 Å². The number of nitrogens with zero attached hydrogens (tertiary/aromatic N) is 2. The van der Waals surface area contributed by atoms with E-state index in [-0.39, 0.29) is 5.91 Å². The molecule has 0 unspecified atom stereocenters. The van der Waals surface area contributed by atoms with Gasteiger partial charge in [-0.05, 0) is 18.6 Å². The number of aromatic nitrogens is 2. The van der Waals surface area contributed by atoms with Gasteiger partial charge in [-0.25, -0.2) is 4.68 Å². The Morgan fingerprint density at radius 3 is 2.35 bits per heavy atom. The Bertz CT molecular complexity index is 779. The standard InChI is InChI=1S/C19H19N3O/c1-2-9-18(23)20-17-14-22(16-12-7-4-8-13-16)21-19(17)15-10-5-3-6-11-15/h3-8,10-14H,2,9H2,1H3,(H,20,23). The smallest absolute Gasteiger partial charge is 0.224 e. The average Bonchev–Trinajstić information content (AvgIpc) is 3.00. The Morgan fingerprint density at radius 1 is 1.04 bits per heavy atom. The van der Waals surface area contributed by atoms with Gasteiger partial charge < -0.3 is 5.32 Å². The third-order valence-electron chi connectivity index (χ3n) is 3.53. The van der Waals surface area contributed by atoms with Crippen LogP contribution in [0.2, 0.25) is 0 Å². The topological polar surface area (TPSA) is 46.9 Å². The molecule has 1 heterocycles. The Labute approximate surface area is 135 Å². The fraction of sp³-hybridized carbons (Fsp3) is 0.158. The Balaban J connectivity index is 2.02. The monoisotopic (exact) mass is 305 g/mol. The lowest BCUT2D eigenvalue weighted by Crippen LogP contribution is -2.10. The van der Waals surface area contributed by atoms with Crippen molar-refractivity contribution in [3.8, 4) is 16.9 Å². The summed E-state index contributed by atoms with van der Waals surface area (Å²) in [6.07, 6.45) is 3.19. The molecule has 1 aromatic heterocycles. The molecule has 1 N–H and O–H groups in total. The number of benzene rings is 2. The van der Waals surface area contributed by atoms with E-state index in [9.17, 15) is 4.79 Å². The molecule has 4 nitrogen and oxygen atoms in total. The first kappa shape index (κ1) is 15.0. The number of para-hydroxylation sites is 1. The maximum absolute atomic E-state index is 12.0. The molecule has 0 fully saturated rings. The molecule has 4 heteroatoms. The average molecular weight is 305 g/mol. The highest BCUT2D eigenvalue weighted by atomic mass is 16.1. The molecule has 23 heavy (non-hydrogen) atoms. The zero-order chi connectivity index (χ0) is 16.1. The van der Waals surface area contributed by atoms with Crippen LogP contribution in [0.15, 0.2) is 66.9 Å². The van der Waals surface area contributed by atoms with Crippen LogP contribution in [-0.4, -0.2) is 15.7 Å². The number of carbonyl (C=O) groups is 1. The van der Waals surface area contributed by atoms with Gasteiger partial charge in [-0.3, -0.25) is 4.79 Å². The molecule has 0 radical (unpaired) electrons. The summed E-state index contributed by atoms with van der Waals surface area (Å²) >= 11 is 0. The van der Waals surface area contributed by atoms with Crippen molar-refractivity contribution in [2.75, 3.05) is 5.32 Å². The Kier molecular flexibility index (Phi) is 4.52. The van der Waals surface area contributed by atoms with E-state index in [1.165, 1.54) is 0 Å².